The van der Waals surface area contributed by atoms with E-state index in [2.05, 4.69) is 36.1 Å². The molecule has 5 heteroatoms. The van der Waals surface area contributed by atoms with Gasteiger partial charge in [-0.05, 0) is 37.5 Å². The third kappa shape index (κ3) is 3.13. The molecular formula is C17H28N4O. The summed E-state index contributed by atoms with van der Waals surface area (Å²) >= 11 is 0. The van der Waals surface area contributed by atoms with Gasteiger partial charge in [0.05, 0.1) is 5.69 Å². The van der Waals surface area contributed by atoms with Crippen LogP contribution in [0.2, 0.25) is 0 Å². The Morgan fingerprint density at radius 2 is 2.27 bits per heavy atom. The first kappa shape index (κ1) is 15.4. The van der Waals surface area contributed by atoms with Crippen molar-refractivity contribution in [2.45, 2.75) is 58.9 Å². The maximum atomic E-state index is 5.39. The lowest BCUT2D eigenvalue weighted by Gasteiger charge is -2.38. The summed E-state index contributed by atoms with van der Waals surface area (Å²) in [5.41, 5.74) is 1.59. The quantitative estimate of drug-likeness (QED) is 0.686. The van der Waals surface area contributed by atoms with Crippen LogP contribution in [0.25, 0.3) is 0 Å². The number of nitrogens with zero attached hydrogens (tertiary/aromatic N) is 3. The standard InChI is InChI=1S/C17H28N4O/c1-4-18-16(21-9-8-17(12-21)6-5-7-17)19-11-14-10-15(13(2)3)20-22-14/h10,13H,4-9,11-12H2,1-3H3,(H,18,19). The number of aliphatic imine (C=N–C) groups is 1. The van der Waals surface area contributed by atoms with Crippen LogP contribution < -0.4 is 5.32 Å². The van der Waals surface area contributed by atoms with Crippen molar-refractivity contribution < 1.29 is 4.52 Å². The van der Waals surface area contributed by atoms with Crippen molar-refractivity contribution in [3.8, 4) is 0 Å². The molecule has 1 aromatic rings. The van der Waals surface area contributed by atoms with Crippen molar-refractivity contribution in [1.29, 1.82) is 0 Å². The van der Waals surface area contributed by atoms with Crippen LogP contribution in [-0.2, 0) is 6.54 Å². The van der Waals surface area contributed by atoms with Gasteiger partial charge in [-0.25, -0.2) is 4.99 Å². The number of hydrogen-bond donors (Lipinski definition) is 1. The first-order chi connectivity index (χ1) is 10.6. The Morgan fingerprint density at radius 1 is 1.45 bits per heavy atom. The van der Waals surface area contributed by atoms with E-state index >= 15 is 0 Å². The van der Waals surface area contributed by atoms with Crippen LogP contribution in [0.3, 0.4) is 0 Å². The second-order valence-electron chi connectivity index (χ2n) is 7.07. The molecule has 1 saturated carbocycles. The van der Waals surface area contributed by atoms with Gasteiger partial charge in [-0.15, -0.1) is 0 Å². The molecule has 1 aliphatic carbocycles. The summed E-state index contributed by atoms with van der Waals surface area (Å²) in [6.45, 7) is 10.1. The number of aromatic nitrogens is 1. The Hall–Kier alpha value is -1.52. The van der Waals surface area contributed by atoms with Crippen LogP contribution in [0.1, 0.15) is 63.8 Å². The van der Waals surface area contributed by atoms with Crippen molar-refractivity contribution in [3.05, 3.63) is 17.5 Å². The van der Waals surface area contributed by atoms with Crippen molar-refractivity contribution in [2.24, 2.45) is 10.4 Å². The van der Waals surface area contributed by atoms with E-state index in [0.29, 0.717) is 17.9 Å². The summed E-state index contributed by atoms with van der Waals surface area (Å²) in [7, 11) is 0. The molecule has 3 rings (SSSR count). The molecule has 1 aromatic heterocycles. The highest BCUT2D eigenvalue weighted by Gasteiger charge is 2.43. The molecule has 2 heterocycles. The van der Waals surface area contributed by atoms with Crippen LogP contribution in [0, 0.1) is 5.41 Å². The third-order valence-electron chi connectivity index (χ3n) is 5.04. The number of likely N-dealkylation sites (tertiary alicyclic amines) is 1. The lowest BCUT2D eigenvalue weighted by Crippen LogP contribution is -2.42. The van der Waals surface area contributed by atoms with Gasteiger partial charge in [0.15, 0.2) is 11.7 Å². The summed E-state index contributed by atoms with van der Waals surface area (Å²) < 4.78 is 5.39. The fraction of sp³-hybridized carbons (Fsp3) is 0.765. The van der Waals surface area contributed by atoms with Crippen LogP contribution in [0.15, 0.2) is 15.6 Å². The van der Waals surface area contributed by atoms with E-state index in [0.717, 1.165) is 37.0 Å². The van der Waals surface area contributed by atoms with Crippen molar-refractivity contribution in [2.75, 3.05) is 19.6 Å². The Balaban J connectivity index is 1.64. The van der Waals surface area contributed by atoms with E-state index in [4.69, 9.17) is 9.52 Å². The summed E-state index contributed by atoms with van der Waals surface area (Å²) in [6, 6.07) is 2.02. The summed E-state index contributed by atoms with van der Waals surface area (Å²) in [5, 5.41) is 7.53. The smallest absolute Gasteiger partial charge is 0.194 e. The molecule has 2 fully saturated rings. The first-order valence-corrected chi connectivity index (χ1v) is 8.61. The van der Waals surface area contributed by atoms with Gasteiger partial charge in [0.1, 0.15) is 6.54 Å². The highest BCUT2D eigenvalue weighted by atomic mass is 16.5. The van der Waals surface area contributed by atoms with E-state index in [1.165, 1.54) is 25.7 Å². The normalized spacial score (nSPS) is 20.7. The average Bonchev–Trinajstić information content (AvgIpc) is 3.09. The van der Waals surface area contributed by atoms with Crippen molar-refractivity contribution >= 4 is 5.96 Å². The van der Waals surface area contributed by atoms with Gasteiger partial charge in [0, 0.05) is 25.7 Å². The van der Waals surface area contributed by atoms with E-state index in [9.17, 15) is 0 Å². The zero-order chi connectivity index (χ0) is 15.6. The molecular weight excluding hydrogens is 276 g/mol. The molecule has 1 N–H and O–H groups in total. The predicted octanol–water partition coefficient (Wildman–Crippen LogP) is 3.14. The third-order valence-corrected chi connectivity index (χ3v) is 5.04. The van der Waals surface area contributed by atoms with Crippen LogP contribution in [0.4, 0.5) is 0 Å². The first-order valence-electron chi connectivity index (χ1n) is 8.61. The molecule has 0 aromatic carbocycles. The van der Waals surface area contributed by atoms with Gasteiger partial charge in [-0.3, -0.25) is 0 Å². The van der Waals surface area contributed by atoms with Crippen LogP contribution in [-0.4, -0.2) is 35.7 Å². The number of guanidine groups is 1. The molecule has 0 bridgehead atoms. The second kappa shape index (κ2) is 6.31. The van der Waals surface area contributed by atoms with Gasteiger partial charge in [0.2, 0.25) is 0 Å². The molecule has 0 radical (unpaired) electrons. The maximum absolute atomic E-state index is 5.39. The Kier molecular flexibility index (Phi) is 4.41. The number of rotatable bonds is 4. The summed E-state index contributed by atoms with van der Waals surface area (Å²) in [5.74, 6) is 2.26. The minimum absolute atomic E-state index is 0.395. The molecule has 0 amide bonds. The van der Waals surface area contributed by atoms with E-state index in [1.54, 1.807) is 0 Å². The van der Waals surface area contributed by atoms with E-state index < -0.39 is 0 Å². The van der Waals surface area contributed by atoms with E-state index in [1.807, 2.05) is 6.07 Å². The monoisotopic (exact) mass is 304 g/mol. The second-order valence-corrected chi connectivity index (χ2v) is 7.07. The van der Waals surface area contributed by atoms with Gasteiger partial charge in [-0.2, -0.15) is 0 Å². The lowest BCUT2D eigenvalue weighted by atomic mass is 9.68. The molecule has 2 aliphatic rings. The average molecular weight is 304 g/mol. The SMILES string of the molecule is CCNC(=NCc1cc(C(C)C)no1)N1CCC2(CCC2)C1. The zero-order valence-electron chi connectivity index (χ0n) is 14.1. The predicted molar refractivity (Wildman–Crippen MR) is 87.9 cm³/mol. The molecule has 1 spiro atoms. The summed E-state index contributed by atoms with van der Waals surface area (Å²) in [6.07, 6.45) is 5.50. The van der Waals surface area contributed by atoms with Gasteiger partial charge < -0.3 is 14.7 Å². The molecule has 1 saturated heterocycles. The van der Waals surface area contributed by atoms with Crippen molar-refractivity contribution in [3.63, 3.8) is 0 Å². The zero-order valence-corrected chi connectivity index (χ0v) is 14.1. The Morgan fingerprint density at radius 3 is 2.82 bits per heavy atom. The molecule has 5 nitrogen and oxygen atoms in total. The molecule has 22 heavy (non-hydrogen) atoms. The minimum atomic E-state index is 0.395. The molecule has 0 atom stereocenters. The fourth-order valence-electron chi connectivity index (χ4n) is 3.45. The van der Waals surface area contributed by atoms with Gasteiger partial charge >= 0.3 is 0 Å². The maximum Gasteiger partial charge on any atom is 0.194 e. The van der Waals surface area contributed by atoms with Crippen molar-refractivity contribution in [1.82, 2.24) is 15.4 Å². The Bertz CT molecular complexity index is 531. The fourth-order valence-corrected chi connectivity index (χ4v) is 3.45. The van der Waals surface area contributed by atoms with E-state index in [-0.39, 0.29) is 0 Å². The van der Waals surface area contributed by atoms with Gasteiger partial charge in [-0.1, -0.05) is 25.4 Å². The highest BCUT2D eigenvalue weighted by Crippen LogP contribution is 2.47. The highest BCUT2D eigenvalue weighted by molar-refractivity contribution is 5.80. The van der Waals surface area contributed by atoms with Gasteiger partial charge in [0.25, 0.3) is 0 Å². The number of nitrogens with one attached hydrogen (secondary N) is 1. The summed E-state index contributed by atoms with van der Waals surface area (Å²) in [4.78, 5) is 7.18. The molecule has 0 unspecified atom stereocenters. The molecule has 122 valence electrons. The minimum Gasteiger partial charge on any atom is -0.359 e. The van der Waals surface area contributed by atoms with Crippen LogP contribution in [0.5, 0.6) is 0 Å². The largest absolute Gasteiger partial charge is 0.359 e. The number of hydrogen-bond acceptors (Lipinski definition) is 3. The Labute approximate surface area is 133 Å². The van der Waals surface area contributed by atoms with Crippen LogP contribution >= 0.6 is 0 Å². The topological polar surface area (TPSA) is 53.7 Å². The lowest BCUT2D eigenvalue weighted by molar-refractivity contribution is 0.151. The molecule has 1 aliphatic heterocycles.